The van der Waals surface area contributed by atoms with Gasteiger partial charge >= 0.3 is 11.7 Å². The Morgan fingerprint density at radius 2 is 2.12 bits per heavy atom. The molecule has 3 aromatic rings. The number of amides is 1. The predicted octanol–water partition coefficient (Wildman–Crippen LogP) is 0.843. The molecule has 0 fully saturated rings. The molecule has 3 aromatic heterocycles. The number of esters is 1. The van der Waals surface area contributed by atoms with Crippen molar-refractivity contribution in [3.05, 3.63) is 58.0 Å². The average Bonchev–Trinajstić information content (AvgIpc) is 3.14. The highest BCUT2D eigenvalue weighted by Gasteiger charge is 2.19. The molecule has 136 valence electrons. The summed E-state index contributed by atoms with van der Waals surface area (Å²) in [5, 5.41) is 4.13. The van der Waals surface area contributed by atoms with E-state index in [-0.39, 0.29) is 24.7 Å². The van der Waals surface area contributed by atoms with Crippen molar-refractivity contribution in [2.45, 2.75) is 20.0 Å². The molecular weight excluding hydrogens is 340 g/mol. The van der Waals surface area contributed by atoms with Gasteiger partial charge in [0.05, 0.1) is 13.7 Å². The van der Waals surface area contributed by atoms with Crippen LogP contribution in [0.2, 0.25) is 0 Å². The molecule has 0 aliphatic rings. The number of hydrogen-bond acceptors (Lipinski definition) is 6. The van der Waals surface area contributed by atoms with Gasteiger partial charge in [0, 0.05) is 13.2 Å². The number of methoxy groups -OCH3 is 1. The SMILES string of the molecule is COC(=O)c1cc(CN(C)C(=O)Cn2nc3ccccn3c2=O)oc1C. The number of ether oxygens (including phenoxy) is 1. The number of aryl methyl sites for hydroxylation is 1. The Morgan fingerprint density at radius 3 is 2.81 bits per heavy atom. The smallest absolute Gasteiger partial charge is 0.350 e. The fourth-order valence-corrected chi connectivity index (χ4v) is 2.58. The van der Waals surface area contributed by atoms with Crippen LogP contribution in [-0.2, 0) is 22.6 Å². The summed E-state index contributed by atoms with van der Waals surface area (Å²) in [6, 6.07) is 6.71. The van der Waals surface area contributed by atoms with Crippen molar-refractivity contribution in [3.63, 3.8) is 0 Å². The van der Waals surface area contributed by atoms with Gasteiger partial charge in [-0.3, -0.25) is 9.20 Å². The van der Waals surface area contributed by atoms with Crippen LogP contribution in [-0.4, -0.2) is 45.1 Å². The maximum Gasteiger partial charge on any atom is 0.350 e. The molecule has 0 N–H and O–H groups in total. The van der Waals surface area contributed by atoms with Gasteiger partial charge in [0.15, 0.2) is 5.65 Å². The molecule has 0 aliphatic heterocycles. The van der Waals surface area contributed by atoms with Crippen molar-refractivity contribution >= 4 is 17.5 Å². The van der Waals surface area contributed by atoms with Crippen LogP contribution in [0.25, 0.3) is 5.65 Å². The van der Waals surface area contributed by atoms with Crippen LogP contribution in [0.15, 0.2) is 39.7 Å². The molecule has 0 aliphatic carbocycles. The normalized spacial score (nSPS) is 10.9. The number of nitrogens with zero attached hydrogens (tertiary/aromatic N) is 4. The predicted molar refractivity (Wildman–Crippen MR) is 90.7 cm³/mol. The van der Waals surface area contributed by atoms with E-state index >= 15 is 0 Å². The number of furan rings is 1. The first-order valence-electron chi connectivity index (χ1n) is 7.86. The summed E-state index contributed by atoms with van der Waals surface area (Å²) >= 11 is 0. The number of carbonyl (C=O) groups excluding carboxylic acids is 2. The Morgan fingerprint density at radius 1 is 1.35 bits per heavy atom. The van der Waals surface area contributed by atoms with E-state index in [1.807, 2.05) is 0 Å². The summed E-state index contributed by atoms with van der Waals surface area (Å²) in [7, 11) is 2.87. The van der Waals surface area contributed by atoms with E-state index in [9.17, 15) is 14.4 Å². The highest BCUT2D eigenvalue weighted by molar-refractivity contribution is 5.90. The Labute approximate surface area is 148 Å². The fraction of sp³-hybridized carbons (Fsp3) is 0.294. The highest BCUT2D eigenvalue weighted by atomic mass is 16.5. The van der Waals surface area contributed by atoms with Crippen molar-refractivity contribution in [1.82, 2.24) is 19.1 Å². The monoisotopic (exact) mass is 358 g/mol. The maximum absolute atomic E-state index is 12.4. The van der Waals surface area contributed by atoms with Crippen LogP contribution in [0.1, 0.15) is 21.9 Å². The zero-order valence-corrected chi connectivity index (χ0v) is 14.6. The van der Waals surface area contributed by atoms with E-state index in [1.54, 1.807) is 44.4 Å². The number of pyridine rings is 1. The zero-order valence-electron chi connectivity index (χ0n) is 14.6. The second-order valence-corrected chi connectivity index (χ2v) is 5.79. The Hall–Kier alpha value is -3.36. The van der Waals surface area contributed by atoms with E-state index in [0.717, 1.165) is 4.68 Å². The largest absolute Gasteiger partial charge is 0.465 e. The summed E-state index contributed by atoms with van der Waals surface area (Å²) < 4.78 is 12.7. The summed E-state index contributed by atoms with van der Waals surface area (Å²) in [5.41, 5.74) is 0.404. The Bertz CT molecular complexity index is 1030. The number of aromatic nitrogens is 3. The van der Waals surface area contributed by atoms with Crippen LogP contribution >= 0.6 is 0 Å². The number of hydrogen-bond donors (Lipinski definition) is 0. The molecule has 0 atom stereocenters. The lowest BCUT2D eigenvalue weighted by Crippen LogP contribution is -2.33. The van der Waals surface area contributed by atoms with E-state index in [1.165, 1.54) is 16.4 Å². The fourth-order valence-electron chi connectivity index (χ4n) is 2.58. The summed E-state index contributed by atoms with van der Waals surface area (Å²) in [5.74, 6) is 0.0530. The molecule has 0 saturated carbocycles. The first-order chi connectivity index (χ1) is 12.4. The summed E-state index contributed by atoms with van der Waals surface area (Å²) in [6.07, 6.45) is 1.59. The van der Waals surface area contributed by atoms with Gasteiger partial charge in [0.1, 0.15) is 23.6 Å². The molecule has 9 heteroatoms. The molecule has 0 bridgehead atoms. The second-order valence-electron chi connectivity index (χ2n) is 5.79. The van der Waals surface area contributed by atoms with Crippen molar-refractivity contribution < 1.29 is 18.7 Å². The zero-order chi connectivity index (χ0) is 18.8. The van der Waals surface area contributed by atoms with Gasteiger partial charge < -0.3 is 14.1 Å². The van der Waals surface area contributed by atoms with Crippen LogP contribution in [0.4, 0.5) is 0 Å². The third-order valence-electron chi connectivity index (χ3n) is 3.97. The van der Waals surface area contributed by atoms with Crippen LogP contribution in [0.5, 0.6) is 0 Å². The van der Waals surface area contributed by atoms with E-state index < -0.39 is 5.97 Å². The minimum Gasteiger partial charge on any atom is -0.465 e. The Balaban J connectivity index is 1.73. The minimum atomic E-state index is -0.497. The number of likely N-dealkylation sites (N-methyl/N-ethyl adjacent to an activating group) is 1. The lowest BCUT2D eigenvalue weighted by atomic mass is 10.2. The van der Waals surface area contributed by atoms with E-state index in [2.05, 4.69) is 9.84 Å². The molecule has 0 radical (unpaired) electrons. The molecule has 3 heterocycles. The number of carbonyl (C=O) groups is 2. The third-order valence-corrected chi connectivity index (χ3v) is 3.97. The molecule has 0 spiro atoms. The van der Waals surface area contributed by atoms with Gasteiger partial charge in [-0.25, -0.2) is 14.3 Å². The highest BCUT2D eigenvalue weighted by Crippen LogP contribution is 2.17. The number of rotatable bonds is 5. The van der Waals surface area contributed by atoms with Gasteiger partial charge in [-0.1, -0.05) is 6.07 Å². The number of fused-ring (bicyclic) bond motifs is 1. The van der Waals surface area contributed by atoms with Gasteiger partial charge in [-0.2, -0.15) is 0 Å². The Kier molecular flexibility index (Phi) is 4.61. The minimum absolute atomic E-state index is 0.152. The third kappa shape index (κ3) is 3.23. The first-order valence-corrected chi connectivity index (χ1v) is 7.86. The van der Waals surface area contributed by atoms with Crippen molar-refractivity contribution in [3.8, 4) is 0 Å². The molecule has 3 rings (SSSR count). The average molecular weight is 358 g/mol. The topological polar surface area (TPSA) is 99.0 Å². The molecule has 0 aromatic carbocycles. The lowest BCUT2D eigenvalue weighted by Gasteiger charge is -2.15. The van der Waals surface area contributed by atoms with Gasteiger partial charge in [-0.05, 0) is 25.1 Å². The maximum atomic E-state index is 12.4. The summed E-state index contributed by atoms with van der Waals surface area (Å²) in [6.45, 7) is 1.60. The van der Waals surface area contributed by atoms with Crippen LogP contribution < -0.4 is 5.69 Å². The molecule has 9 nitrogen and oxygen atoms in total. The standard InChI is InChI=1S/C17H18N4O5/c1-11-13(16(23)25-3)8-12(26-11)9-19(2)15(22)10-21-17(24)20-7-5-4-6-14(20)18-21/h4-8H,9-10H2,1-3H3. The van der Waals surface area contributed by atoms with Gasteiger partial charge in [0.2, 0.25) is 5.91 Å². The van der Waals surface area contributed by atoms with Gasteiger partial charge in [0.25, 0.3) is 0 Å². The molecule has 26 heavy (non-hydrogen) atoms. The van der Waals surface area contributed by atoms with E-state index in [0.29, 0.717) is 22.7 Å². The summed E-state index contributed by atoms with van der Waals surface area (Å²) in [4.78, 5) is 37.7. The quantitative estimate of drug-likeness (QED) is 0.627. The van der Waals surface area contributed by atoms with Crippen LogP contribution in [0.3, 0.4) is 0 Å². The molecule has 0 unspecified atom stereocenters. The second kappa shape index (κ2) is 6.87. The van der Waals surface area contributed by atoms with Crippen molar-refractivity contribution in [2.24, 2.45) is 0 Å². The van der Waals surface area contributed by atoms with Crippen molar-refractivity contribution in [2.75, 3.05) is 14.2 Å². The van der Waals surface area contributed by atoms with Gasteiger partial charge in [-0.15, -0.1) is 5.10 Å². The first kappa shape index (κ1) is 17.5. The lowest BCUT2D eigenvalue weighted by molar-refractivity contribution is -0.131. The van der Waals surface area contributed by atoms with Crippen molar-refractivity contribution in [1.29, 1.82) is 0 Å². The molecule has 0 saturated heterocycles. The van der Waals surface area contributed by atoms with Crippen LogP contribution in [0, 0.1) is 6.92 Å². The van der Waals surface area contributed by atoms with E-state index in [4.69, 9.17) is 4.42 Å². The molecular formula is C17H18N4O5. The molecule has 1 amide bonds.